The molecule has 13 nitrogen and oxygen atoms in total. The minimum atomic E-state index is -1.09. The lowest BCUT2D eigenvalue weighted by molar-refractivity contribution is -0.141. The largest absolute Gasteiger partial charge is 0.453 e. The van der Waals surface area contributed by atoms with Gasteiger partial charge in [-0.2, -0.15) is 9.94 Å². The highest BCUT2D eigenvalue weighted by Crippen LogP contribution is 2.21. The lowest BCUT2D eigenvalue weighted by Gasteiger charge is -2.31. The quantitative estimate of drug-likeness (QED) is 0.445. The number of nitrogens with one attached hydrogen (secondary N) is 2. The number of Topliss-reactive ketones (excluding diaryl/α,β-unsaturated/α-hetero) is 1. The summed E-state index contributed by atoms with van der Waals surface area (Å²) in [6.07, 6.45) is 0.189. The normalized spacial score (nSPS) is 16.5. The average molecular weight is 541 g/mol. The molecule has 2 aromatic rings. The van der Waals surface area contributed by atoms with Gasteiger partial charge >= 0.3 is 11.8 Å². The number of ketones is 1. The number of likely N-dealkylation sites (tertiary alicyclic amines) is 1. The van der Waals surface area contributed by atoms with Crippen LogP contribution in [0.3, 0.4) is 0 Å². The zero-order valence-corrected chi connectivity index (χ0v) is 22.5. The maximum atomic E-state index is 13.3. The molecular weight excluding hydrogens is 508 g/mol. The fraction of sp³-hybridized carbons (Fsp3) is 0.500. The monoisotopic (exact) mass is 540 g/mol. The first-order valence-corrected chi connectivity index (χ1v) is 12.6. The van der Waals surface area contributed by atoms with Crippen LogP contribution >= 0.6 is 0 Å². The van der Waals surface area contributed by atoms with Crippen LogP contribution in [0, 0.1) is 23.2 Å². The molecule has 1 aliphatic heterocycles. The minimum Gasteiger partial charge on any atom is -0.453 e. The lowest BCUT2D eigenvalue weighted by atomic mass is 9.98. The second-order valence-corrected chi connectivity index (χ2v) is 9.89. The summed E-state index contributed by atoms with van der Waals surface area (Å²) in [6, 6.07) is 5.11. The molecule has 1 aliphatic rings. The van der Waals surface area contributed by atoms with Crippen molar-refractivity contribution >= 4 is 23.7 Å². The zero-order chi connectivity index (χ0) is 28.9. The van der Waals surface area contributed by atoms with Crippen LogP contribution in [0.5, 0.6) is 0 Å². The highest BCUT2D eigenvalue weighted by Gasteiger charge is 2.40. The number of hydrogen-bond donors (Lipinski definition) is 2. The van der Waals surface area contributed by atoms with Crippen LogP contribution in [0.15, 0.2) is 33.5 Å². The third-order valence-corrected chi connectivity index (χ3v) is 6.48. The molecule has 0 radical (unpaired) electrons. The predicted molar refractivity (Wildman–Crippen MR) is 137 cm³/mol. The van der Waals surface area contributed by atoms with Gasteiger partial charge in [-0.05, 0) is 48.9 Å². The molecular formula is C26H32N6O7. The second-order valence-electron chi connectivity index (χ2n) is 9.89. The summed E-state index contributed by atoms with van der Waals surface area (Å²) in [4.78, 5) is 65.5. The summed E-state index contributed by atoms with van der Waals surface area (Å²) >= 11 is 0. The average Bonchev–Trinajstić information content (AvgIpc) is 3.56. The summed E-state index contributed by atoms with van der Waals surface area (Å²) in [6.45, 7) is 7.27. The molecule has 208 valence electrons. The summed E-state index contributed by atoms with van der Waals surface area (Å²) < 4.78 is 10.6. The van der Waals surface area contributed by atoms with E-state index in [-0.39, 0.29) is 5.92 Å². The van der Waals surface area contributed by atoms with E-state index in [2.05, 4.69) is 20.5 Å². The summed E-state index contributed by atoms with van der Waals surface area (Å²) in [7, 11) is 1.20. The van der Waals surface area contributed by atoms with Crippen molar-refractivity contribution in [2.75, 3.05) is 13.7 Å². The Kier molecular flexibility index (Phi) is 9.24. The standard InChI is InChI=1S/C26H32N6O7/c1-14(2)19(21(33)23-30-32(26(37)39-23)17-10-8-16(13-27)9-11-17)28-22(34)18-7-6-12-31(18)24(35)20(15(3)4)29-25(36)38-5/h8-11,14-15,18-20H,6-7,12H2,1-5H3,(H,28,34)(H,29,36)/t18-,19-,20-/m0/s1. The number of alkyl carbamates (subject to hydrolysis) is 1. The first kappa shape index (κ1) is 29.1. The van der Waals surface area contributed by atoms with E-state index in [4.69, 9.17) is 9.68 Å². The van der Waals surface area contributed by atoms with Gasteiger partial charge in [0, 0.05) is 6.54 Å². The van der Waals surface area contributed by atoms with Crippen LogP contribution < -0.4 is 16.4 Å². The third-order valence-electron chi connectivity index (χ3n) is 6.48. The number of ether oxygens (including phenoxy) is 1. The van der Waals surface area contributed by atoms with Crippen molar-refractivity contribution in [3.8, 4) is 11.8 Å². The van der Waals surface area contributed by atoms with Gasteiger partial charge in [-0.3, -0.25) is 14.4 Å². The van der Waals surface area contributed by atoms with Gasteiger partial charge in [-0.15, -0.1) is 5.10 Å². The Morgan fingerprint density at radius 2 is 1.72 bits per heavy atom. The molecule has 1 fully saturated rings. The molecule has 3 amide bonds. The number of aromatic nitrogens is 2. The van der Waals surface area contributed by atoms with Gasteiger partial charge in [0.25, 0.3) is 5.89 Å². The first-order chi connectivity index (χ1) is 18.5. The highest BCUT2D eigenvalue weighted by molar-refractivity contribution is 6.00. The number of carbonyl (C=O) groups excluding carboxylic acids is 4. The summed E-state index contributed by atoms with van der Waals surface area (Å²) in [5.41, 5.74) is 0.682. The molecule has 1 aromatic carbocycles. The van der Waals surface area contributed by atoms with Gasteiger partial charge in [-0.25, -0.2) is 9.59 Å². The van der Waals surface area contributed by atoms with Crippen molar-refractivity contribution in [1.82, 2.24) is 25.3 Å². The van der Waals surface area contributed by atoms with Crippen molar-refractivity contribution in [3.05, 3.63) is 46.3 Å². The third kappa shape index (κ3) is 6.51. The van der Waals surface area contributed by atoms with E-state index >= 15 is 0 Å². The van der Waals surface area contributed by atoms with E-state index in [0.717, 1.165) is 4.68 Å². The van der Waals surface area contributed by atoms with E-state index in [1.807, 2.05) is 6.07 Å². The molecule has 2 heterocycles. The molecule has 0 aliphatic carbocycles. The van der Waals surface area contributed by atoms with Crippen LogP contribution in [0.1, 0.15) is 56.8 Å². The van der Waals surface area contributed by atoms with E-state index < -0.39 is 59.4 Å². The SMILES string of the molecule is COC(=O)N[C@H](C(=O)N1CCC[C@H]1C(=O)N[C@H](C(=O)c1nn(-c2ccc(C#N)cc2)c(=O)o1)C(C)C)C(C)C. The molecule has 39 heavy (non-hydrogen) atoms. The topological polar surface area (TPSA) is 177 Å². The Hall–Kier alpha value is -4.47. The molecule has 0 unspecified atom stereocenters. The van der Waals surface area contributed by atoms with E-state index in [1.54, 1.807) is 27.7 Å². The van der Waals surface area contributed by atoms with Crippen molar-refractivity contribution in [2.24, 2.45) is 11.8 Å². The molecule has 1 aromatic heterocycles. The lowest BCUT2D eigenvalue weighted by Crippen LogP contribution is -2.57. The molecule has 0 saturated carbocycles. The number of amides is 3. The van der Waals surface area contributed by atoms with Crippen LogP contribution in [-0.4, -0.2) is 70.2 Å². The highest BCUT2D eigenvalue weighted by atomic mass is 16.5. The van der Waals surface area contributed by atoms with Crippen LogP contribution in [0.2, 0.25) is 0 Å². The molecule has 0 spiro atoms. The molecule has 2 N–H and O–H groups in total. The zero-order valence-electron chi connectivity index (χ0n) is 22.5. The van der Waals surface area contributed by atoms with E-state index in [9.17, 15) is 24.0 Å². The van der Waals surface area contributed by atoms with Gasteiger partial charge < -0.3 is 24.7 Å². The number of nitriles is 1. The van der Waals surface area contributed by atoms with Crippen LogP contribution in [-0.2, 0) is 14.3 Å². The first-order valence-electron chi connectivity index (χ1n) is 12.6. The number of nitrogens with zero attached hydrogens (tertiary/aromatic N) is 4. The Bertz CT molecular complexity index is 1320. The summed E-state index contributed by atoms with van der Waals surface area (Å²) in [5, 5.41) is 18.2. The van der Waals surface area contributed by atoms with Gasteiger partial charge in [0.1, 0.15) is 12.1 Å². The Morgan fingerprint density at radius 1 is 1.08 bits per heavy atom. The molecule has 3 atom stereocenters. The number of hydrogen-bond acceptors (Lipinski definition) is 9. The van der Waals surface area contributed by atoms with Crippen molar-refractivity contribution < 1.29 is 28.3 Å². The van der Waals surface area contributed by atoms with E-state index in [1.165, 1.54) is 36.3 Å². The molecule has 1 saturated heterocycles. The predicted octanol–water partition coefficient (Wildman–Crippen LogP) is 1.39. The van der Waals surface area contributed by atoms with Crippen LogP contribution in [0.4, 0.5) is 4.79 Å². The smallest absolute Gasteiger partial charge is 0.442 e. The fourth-order valence-electron chi connectivity index (χ4n) is 4.32. The summed E-state index contributed by atoms with van der Waals surface area (Å²) in [5.74, 6) is -3.71. The minimum absolute atomic E-state index is 0.264. The number of benzene rings is 1. The maximum Gasteiger partial charge on any atom is 0.442 e. The maximum absolute atomic E-state index is 13.3. The van der Waals surface area contributed by atoms with Crippen molar-refractivity contribution in [1.29, 1.82) is 5.26 Å². The van der Waals surface area contributed by atoms with Crippen molar-refractivity contribution in [2.45, 2.75) is 58.7 Å². The second kappa shape index (κ2) is 12.4. The van der Waals surface area contributed by atoms with Crippen LogP contribution in [0.25, 0.3) is 5.69 Å². The Labute approximate surface area is 225 Å². The number of carbonyl (C=O) groups is 4. The van der Waals surface area contributed by atoms with Gasteiger partial charge in [0.2, 0.25) is 17.6 Å². The van der Waals surface area contributed by atoms with Crippen molar-refractivity contribution in [3.63, 3.8) is 0 Å². The number of methoxy groups -OCH3 is 1. The number of rotatable bonds is 9. The van der Waals surface area contributed by atoms with Gasteiger partial charge in [0.15, 0.2) is 0 Å². The molecule has 0 bridgehead atoms. The Balaban J connectivity index is 1.79. The van der Waals surface area contributed by atoms with E-state index in [0.29, 0.717) is 30.6 Å². The fourth-order valence-corrected chi connectivity index (χ4v) is 4.32. The Morgan fingerprint density at radius 3 is 2.28 bits per heavy atom. The van der Waals surface area contributed by atoms with Gasteiger partial charge in [-0.1, -0.05) is 27.7 Å². The molecule has 13 heteroatoms. The molecule has 3 rings (SSSR count). The van der Waals surface area contributed by atoms with Gasteiger partial charge in [0.05, 0.1) is 30.5 Å².